The van der Waals surface area contributed by atoms with E-state index in [-0.39, 0.29) is 16.6 Å². The molecule has 4 rings (SSSR count). The van der Waals surface area contributed by atoms with Crippen molar-refractivity contribution >= 4 is 31.7 Å². The normalized spacial score (nSPS) is 13.6. The van der Waals surface area contributed by atoms with E-state index >= 15 is 0 Å². The molecule has 1 atom stereocenters. The van der Waals surface area contributed by atoms with E-state index in [1.165, 1.54) is 9.13 Å². The molecule has 1 aliphatic heterocycles. The van der Waals surface area contributed by atoms with Gasteiger partial charge >= 0.3 is 181 Å². The predicted octanol–water partition coefficient (Wildman–Crippen LogP) is 4.93. The first kappa shape index (κ1) is 26.1. The molecule has 6 nitrogen and oxygen atoms in total. The zero-order valence-corrected chi connectivity index (χ0v) is 22.6. The number of benzene rings is 3. The first-order chi connectivity index (χ1) is 17.6. The molecular formula is C29H32IN3O3. The van der Waals surface area contributed by atoms with Crippen molar-refractivity contribution in [1.29, 1.82) is 5.26 Å². The second-order valence-electron chi connectivity index (χ2n) is 8.85. The number of ether oxygens (including phenoxy) is 1. The standard InChI is InChI=1S/C29H32IN3O3/c1-22(32-30(21-34)27-11-6-3-7-12-27)17-23-18-25-13-15-33(28(25)26(19-23)20-31)14-8-16-36-29(35)24-9-4-2-5-10-24/h2-7,9-12,18-19,22,32,34H,8,13-17,21H2,1H3. The molecule has 3 aromatic carbocycles. The molecule has 0 fully saturated rings. The third-order valence-corrected chi connectivity index (χ3v) is 10.8. The van der Waals surface area contributed by atoms with Crippen LogP contribution in [0.4, 0.5) is 5.69 Å². The Labute approximate surface area is 220 Å². The van der Waals surface area contributed by atoms with Gasteiger partial charge in [-0.15, -0.1) is 0 Å². The van der Waals surface area contributed by atoms with E-state index in [2.05, 4.69) is 39.6 Å². The minimum absolute atomic E-state index is 0.182. The van der Waals surface area contributed by atoms with Gasteiger partial charge in [-0.25, -0.2) is 4.79 Å². The van der Waals surface area contributed by atoms with E-state index in [1.54, 1.807) is 12.1 Å². The quantitative estimate of drug-likeness (QED) is 0.107. The molecular weight excluding hydrogens is 565 g/mol. The summed E-state index contributed by atoms with van der Waals surface area (Å²) in [5.41, 5.74) is 4.63. The molecule has 1 heterocycles. The number of nitriles is 1. The Balaban J connectivity index is 1.34. The van der Waals surface area contributed by atoms with Gasteiger partial charge in [0.2, 0.25) is 0 Å². The zero-order valence-electron chi connectivity index (χ0n) is 20.5. The van der Waals surface area contributed by atoms with Crippen LogP contribution in [0.1, 0.15) is 40.4 Å². The van der Waals surface area contributed by atoms with Crippen LogP contribution in [0, 0.1) is 14.9 Å². The van der Waals surface area contributed by atoms with E-state index in [1.807, 2.05) is 42.5 Å². The molecule has 0 radical (unpaired) electrons. The van der Waals surface area contributed by atoms with Gasteiger partial charge in [0.25, 0.3) is 0 Å². The van der Waals surface area contributed by atoms with Gasteiger partial charge in [-0.05, 0) is 12.1 Å². The van der Waals surface area contributed by atoms with Crippen molar-refractivity contribution < 1.29 is 14.6 Å². The molecule has 36 heavy (non-hydrogen) atoms. The number of anilines is 1. The fourth-order valence-electron chi connectivity index (χ4n) is 4.55. The van der Waals surface area contributed by atoms with E-state index < -0.39 is 20.1 Å². The Hall–Kier alpha value is -2.93. The van der Waals surface area contributed by atoms with Crippen molar-refractivity contribution in [2.24, 2.45) is 0 Å². The SMILES string of the molecule is CC(Cc1cc(C#N)c2c(c1)CCN2CCCOC(=O)c1ccccc1)NI(CO)c1ccccc1. The van der Waals surface area contributed by atoms with E-state index in [0.717, 1.165) is 37.2 Å². The number of aliphatic hydroxyl groups excluding tert-OH is 1. The summed E-state index contributed by atoms with van der Waals surface area (Å²) in [7, 11) is 0. The summed E-state index contributed by atoms with van der Waals surface area (Å²) in [4.78, 5) is 14.4. The number of nitrogens with one attached hydrogen (secondary N) is 1. The first-order valence-electron chi connectivity index (χ1n) is 12.2. The molecule has 0 aromatic heterocycles. The average Bonchev–Trinajstić information content (AvgIpc) is 3.33. The van der Waals surface area contributed by atoms with Crippen LogP contribution < -0.4 is 8.43 Å². The van der Waals surface area contributed by atoms with Crippen LogP contribution >= 0.6 is 20.1 Å². The van der Waals surface area contributed by atoms with Gasteiger partial charge in [-0.1, -0.05) is 18.2 Å². The fourth-order valence-corrected chi connectivity index (χ4v) is 8.28. The van der Waals surface area contributed by atoms with Gasteiger partial charge < -0.3 is 0 Å². The maximum atomic E-state index is 12.1. The summed E-state index contributed by atoms with van der Waals surface area (Å²) < 4.78 is 10.5. The molecule has 0 spiro atoms. The van der Waals surface area contributed by atoms with Gasteiger partial charge in [0, 0.05) is 0 Å². The first-order valence-corrected chi connectivity index (χ1v) is 15.9. The third-order valence-electron chi connectivity index (χ3n) is 6.13. The molecule has 188 valence electrons. The van der Waals surface area contributed by atoms with Crippen molar-refractivity contribution in [3.63, 3.8) is 0 Å². The van der Waals surface area contributed by atoms with Crippen molar-refractivity contribution in [2.45, 2.75) is 32.2 Å². The van der Waals surface area contributed by atoms with E-state index in [0.29, 0.717) is 24.2 Å². The molecule has 1 unspecified atom stereocenters. The van der Waals surface area contributed by atoms with Crippen LogP contribution in [0.15, 0.2) is 72.8 Å². The summed E-state index contributed by atoms with van der Waals surface area (Å²) >= 11 is -1.86. The Kier molecular flexibility index (Phi) is 9.34. The van der Waals surface area contributed by atoms with Crippen molar-refractivity contribution in [3.8, 4) is 6.07 Å². The molecule has 0 aliphatic carbocycles. The molecule has 0 bridgehead atoms. The molecule has 1 aliphatic rings. The summed E-state index contributed by atoms with van der Waals surface area (Å²) in [6.45, 7) is 4.09. The molecule has 7 heteroatoms. The van der Waals surface area contributed by atoms with Crippen molar-refractivity contribution in [1.82, 2.24) is 3.53 Å². The maximum absolute atomic E-state index is 12.1. The molecule has 3 aromatic rings. The van der Waals surface area contributed by atoms with Gasteiger partial charge in [-0.2, -0.15) is 0 Å². The number of hydrogen-bond donors (Lipinski definition) is 2. The number of nitrogens with zero attached hydrogens (tertiary/aromatic N) is 2. The fraction of sp³-hybridized carbons (Fsp3) is 0.310. The number of hydrogen-bond acceptors (Lipinski definition) is 6. The Morgan fingerprint density at radius 2 is 1.89 bits per heavy atom. The van der Waals surface area contributed by atoms with Crippen molar-refractivity contribution in [2.75, 3.05) is 29.2 Å². The number of fused-ring (bicyclic) bond motifs is 1. The number of aliphatic hydroxyl groups is 1. The Morgan fingerprint density at radius 3 is 2.58 bits per heavy atom. The average molecular weight is 597 g/mol. The van der Waals surface area contributed by atoms with Crippen LogP contribution in [-0.4, -0.2) is 41.4 Å². The zero-order chi connectivity index (χ0) is 25.3. The number of esters is 1. The Bertz CT molecular complexity index is 1200. The van der Waals surface area contributed by atoms with Crippen molar-refractivity contribution in [3.05, 3.63) is 98.6 Å². The number of rotatable bonds is 11. The van der Waals surface area contributed by atoms with Crippen LogP contribution in [0.25, 0.3) is 0 Å². The van der Waals surface area contributed by atoms with Crippen LogP contribution in [0.3, 0.4) is 0 Å². The van der Waals surface area contributed by atoms with Gasteiger partial charge in [-0.3, -0.25) is 0 Å². The number of carbonyl (C=O) groups is 1. The van der Waals surface area contributed by atoms with Crippen LogP contribution in [0.5, 0.6) is 0 Å². The monoisotopic (exact) mass is 597 g/mol. The number of carbonyl (C=O) groups excluding carboxylic acids is 1. The number of halogens is 1. The van der Waals surface area contributed by atoms with Crippen LogP contribution in [0.2, 0.25) is 0 Å². The van der Waals surface area contributed by atoms with E-state index in [4.69, 9.17) is 4.74 Å². The molecule has 0 saturated heterocycles. The summed E-state index contributed by atoms with van der Waals surface area (Å²) in [5, 5.41) is 19.8. The topological polar surface area (TPSA) is 85.6 Å². The van der Waals surface area contributed by atoms with Gasteiger partial charge in [0.05, 0.1) is 5.56 Å². The van der Waals surface area contributed by atoms with E-state index in [9.17, 15) is 15.2 Å². The second-order valence-corrected chi connectivity index (χ2v) is 13.5. The Morgan fingerprint density at radius 1 is 1.17 bits per heavy atom. The molecule has 0 amide bonds. The third kappa shape index (κ3) is 6.64. The summed E-state index contributed by atoms with van der Waals surface area (Å²) in [6, 6.07) is 26.0. The molecule has 2 N–H and O–H groups in total. The van der Waals surface area contributed by atoms with Crippen LogP contribution in [-0.2, 0) is 17.6 Å². The van der Waals surface area contributed by atoms with Gasteiger partial charge in [0.1, 0.15) is 0 Å². The minimum atomic E-state index is -1.86. The van der Waals surface area contributed by atoms with Gasteiger partial charge in [0.15, 0.2) is 0 Å². The predicted molar refractivity (Wildman–Crippen MR) is 151 cm³/mol. The molecule has 0 saturated carbocycles. The summed E-state index contributed by atoms with van der Waals surface area (Å²) in [6.07, 6.45) is 2.42. The number of alkyl halides is 1. The second kappa shape index (κ2) is 12.9. The summed E-state index contributed by atoms with van der Waals surface area (Å²) in [5.74, 6) is -0.304.